The van der Waals surface area contributed by atoms with Crippen molar-refractivity contribution >= 4 is 28.4 Å². The molecule has 27 heavy (non-hydrogen) atoms. The zero-order valence-electron chi connectivity index (χ0n) is 14.8. The third kappa shape index (κ3) is 3.70. The molecule has 1 aliphatic heterocycles. The summed E-state index contributed by atoms with van der Waals surface area (Å²) in [4.78, 5) is 17.9. The van der Waals surface area contributed by atoms with Crippen LogP contribution in [0.25, 0.3) is 10.9 Å². The summed E-state index contributed by atoms with van der Waals surface area (Å²) < 4.78 is 20.0. The Morgan fingerprint density at radius 3 is 2.74 bits per heavy atom. The molecular formula is C21H20ClFN2O2. The normalized spacial score (nSPS) is 15.9. The van der Waals surface area contributed by atoms with Crippen LogP contribution in [-0.4, -0.2) is 42.1 Å². The molecule has 0 bridgehead atoms. The molecule has 140 valence electrons. The number of benzene rings is 2. The average molecular weight is 387 g/mol. The van der Waals surface area contributed by atoms with Gasteiger partial charge in [-0.1, -0.05) is 29.8 Å². The molecule has 1 amide bonds. The number of H-pyrrole nitrogens is 1. The van der Waals surface area contributed by atoms with Gasteiger partial charge in [0.25, 0.3) is 0 Å². The number of carbonyl (C=O) groups is 1. The monoisotopic (exact) mass is 386 g/mol. The summed E-state index contributed by atoms with van der Waals surface area (Å²) >= 11 is 6.18. The van der Waals surface area contributed by atoms with Crippen LogP contribution in [0.1, 0.15) is 23.5 Å². The molecule has 1 aliphatic rings. The fraction of sp³-hybridized carbons (Fsp3) is 0.286. The van der Waals surface area contributed by atoms with Crippen molar-refractivity contribution in [3.05, 3.63) is 70.6 Å². The molecule has 1 saturated heterocycles. The van der Waals surface area contributed by atoms with Crippen molar-refractivity contribution in [2.75, 3.05) is 26.3 Å². The molecule has 0 spiro atoms. The van der Waals surface area contributed by atoms with Gasteiger partial charge >= 0.3 is 0 Å². The quantitative estimate of drug-likeness (QED) is 0.724. The highest BCUT2D eigenvalue weighted by Crippen LogP contribution is 2.36. The largest absolute Gasteiger partial charge is 0.378 e. The average Bonchev–Trinajstić information content (AvgIpc) is 3.10. The predicted molar refractivity (Wildman–Crippen MR) is 104 cm³/mol. The number of aromatic amines is 1. The molecule has 1 unspecified atom stereocenters. The van der Waals surface area contributed by atoms with Crippen LogP contribution in [-0.2, 0) is 9.53 Å². The smallest absolute Gasteiger partial charge is 0.223 e. The van der Waals surface area contributed by atoms with Gasteiger partial charge in [0, 0.05) is 47.6 Å². The Kier molecular flexibility index (Phi) is 5.14. The SMILES string of the molecule is O=C(CC(c1ccccc1F)c1c[nH]c2ccc(Cl)cc12)N1CCOCC1. The first-order valence-electron chi connectivity index (χ1n) is 9.00. The second-order valence-electron chi connectivity index (χ2n) is 6.71. The summed E-state index contributed by atoms with van der Waals surface area (Å²) in [6, 6.07) is 12.2. The van der Waals surface area contributed by atoms with E-state index in [1.54, 1.807) is 29.2 Å². The van der Waals surface area contributed by atoms with Crippen LogP contribution in [0.5, 0.6) is 0 Å². The second kappa shape index (κ2) is 7.71. The maximum Gasteiger partial charge on any atom is 0.223 e. The molecular weight excluding hydrogens is 367 g/mol. The molecule has 2 heterocycles. The van der Waals surface area contributed by atoms with Gasteiger partial charge in [0.15, 0.2) is 0 Å². The highest BCUT2D eigenvalue weighted by molar-refractivity contribution is 6.31. The van der Waals surface area contributed by atoms with E-state index in [1.165, 1.54) is 6.07 Å². The van der Waals surface area contributed by atoms with Crippen LogP contribution in [0.15, 0.2) is 48.7 Å². The first kappa shape index (κ1) is 18.0. The number of fused-ring (bicyclic) bond motifs is 1. The minimum atomic E-state index is -0.395. The lowest BCUT2D eigenvalue weighted by molar-refractivity contribution is -0.135. The van der Waals surface area contributed by atoms with E-state index in [0.29, 0.717) is 36.9 Å². The van der Waals surface area contributed by atoms with Crippen molar-refractivity contribution in [1.82, 2.24) is 9.88 Å². The van der Waals surface area contributed by atoms with Crippen LogP contribution < -0.4 is 0 Å². The van der Waals surface area contributed by atoms with E-state index in [1.807, 2.05) is 18.3 Å². The van der Waals surface area contributed by atoms with Gasteiger partial charge in [0.05, 0.1) is 13.2 Å². The Morgan fingerprint density at radius 2 is 1.96 bits per heavy atom. The summed E-state index contributed by atoms with van der Waals surface area (Å²) in [6.45, 7) is 2.22. The molecule has 6 heteroatoms. The lowest BCUT2D eigenvalue weighted by atomic mass is 9.87. The van der Waals surface area contributed by atoms with Gasteiger partial charge in [-0.25, -0.2) is 4.39 Å². The van der Waals surface area contributed by atoms with Gasteiger partial charge in [-0.15, -0.1) is 0 Å². The first-order chi connectivity index (χ1) is 13.1. The number of amides is 1. The molecule has 0 radical (unpaired) electrons. The Balaban J connectivity index is 1.75. The van der Waals surface area contributed by atoms with E-state index >= 15 is 0 Å². The number of rotatable bonds is 4. The number of hydrogen-bond donors (Lipinski definition) is 1. The third-order valence-corrected chi connectivity index (χ3v) is 5.31. The topological polar surface area (TPSA) is 45.3 Å². The van der Waals surface area contributed by atoms with Crippen molar-refractivity contribution in [2.24, 2.45) is 0 Å². The minimum absolute atomic E-state index is 0.00271. The summed E-state index contributed by atoms with van der Waals surface area (Å²) in [5.74, 6) is -0.703. The summed E-state index contributed by atoms with van der Waals surface area (Å²) in [5.41, 5.74) is 2.30. The summed E-state index contributed by atoms with van der Waals surface area (Å²) in [5, 5.41) is 1.51. The molecule has 1 atom stereocenters. The fourth-order valence-electron chi connectivity index (χ4n) is 3.66. The van der Waals surface area contributed by atoms with Crippen molar-refractivity contribution < 1.29 is 13.9 Å². The molecule has 1 fully saturated rings. The summed E-state index contributed by atoms with van der Waals surface area (Å²) in [6.07, 6.45) is 2.05. The van der Waals surface area contributed by atoms with Gasteiger partial charge in [0.2, 0.25) is 5.91 Å². The Hall–Kier alpha value is -2.37. The van der Waals surface area contributed by atoms with E-state index in [4.69, 9.17) is 16.3 Å². The number of hydrogen-bond acceptors (Lipinski definition) is 2. The third-order valence-electron chi connectivity index (χ3n) is 5.07. The highest BCUT2D eigenvalue weighted by Gasteiger charge is 2.27. The lowest BCUT2D eigenvalue weighted by Crippen LogP contribution is -2.41. The van der Waals surface area contributed by atoms with E-state index in [2.05, 4.69) is 4.98 Å². The second-order valence-corrected chi connectivity index (χ2v) is 7.14. The maximum absolute atomic E-state index is 14.6. The Morgan fingerprint density at radius 1 is 1.19 bits per heavy atom. The van der Waals surface area contributed by atoms with Crippen LogP contribution in [0.4, 0.5) is 4.39 Å². The summed E-state index contributed by atoms with van der Waals surface area (Å²) in [7, 11) is 0. The zero-order chi connectivity index (χ0) is 18.8. The number of carbonyl (C=O) groups excluding carboxylic acids is 1. The molecule has 2 aromatic carbocycles. The number of ether oxygens (including phenoxy) is 1. The van der Waals surface area contributed by atoms with Crippen LogP contribution in [0.2, 0.25) is 5.02 Å². The van der Waals surface area contributed by atoms with Gasteiger partial charge in [-0.05, 0) is 35.4 Å². The van der Waals surface area contributed by atoms with E-state index < -0.39 is 5.92 Å². The lowest BCUT2D eigenvalue weighted by Gasteiger charge is -2.28. The van der Waals surface area contributed by atoms with Gasteiger partial charge < -0.3 is 14.6 Å². The van der Waals surface area contributed by atoms with Crippen LogP contribution in [0.3, 0.4) is 0 Å². The van der Waals surface area contributed by atoms with Crippen molar-refractivity contribution in [2.45, 2.75) is 12.3 Å². The van der Waals surface area contributed by atoms with Gasteiger partial charge in [-0.2, -0.15) is 0 Å². The molecule has 1 N–H and O–H groups in total. The van der Waals surface area contributed by atoms with E-state index in [-0.39, 0.29) is 18.1 Å². The molecule has 4 nitrogen and oxygen atoms in total. The Labute approximate surface area is 161 Å². The molecule has 4 rings (SSSR count). The zero-order valence-corrected chi connectivity index (χ0v) is 15.5. The van der Waals surface area contributed by atoms with E-state index in [0.717, 1.165) is 16.5 Å². The number of halogens is 2. The molecule has 0 saturated carbocycles. The van der Waals surface area contributed by atoms with Crippen molar-refractivity contribution in [3.63, 3.8) is 0 Å². The number of nitrogens with one attached hydrogen (secondary N) is 1. The maximum atomic E-state index is 14.6. The van der Waals surface area contributed by atoms with Crippen LogP contribution in [0, 0.1) is 5.82 Å². The van der Waals surface area contributed by atoms with E-state index in [9.17, 15) is 9.18 Å². The van der Waals surface area contributed by atoms with Gasteiger partial charge in [-0.3, -0.25) is 4.79 Å². The number of aromatic nitrogens is 1. The van der Waals surface area contributed by atoms with Crippen molar-refractivity contribution in [1.29, 1.82) is 0 Å². The molecule has 0 aliphatic carbocycles. The molecule has 1 aromatic heterocycles. The highest BCUT2D eigenvalue weighted by atomic mass is 35.5. The molecule has 3 aromatic rings. The number of nitrogens with zero attached hydrogens (tertiary/aromatic N) is 1. The van der Waals surface area contributed by atoms with Gasteiger partial charge in [0.1, 0.15) is 5.82 Å². The number of morpholine rings is 1. The Bertz CT molecular complexity index is 966. The predicted octanol–water partition coefficient (Wildman–Crippen LogP) is 4.34. The standard InChI is InChI=1S/C21H20ClFN2O2/c22-14-5-6-20-17(11-14)18(13-24-20)16(15-3-1-2-4-19(15)23)12-21(26)25-7-9-27-10-8-25/h1-6,11,13,16,24H,7-10,12H2. The fourth-order valence-corrected chi connectivity index (χ4v) is 3.84. The minimum Gasteiger partial charge on any atom is -0.378 e. The van der Waals surface area contributed by atoms with Crippen LogP contribution >= 0.6 is 11.6 Å². The first-order valence-corrected chi connectivity index (χ1v) is 9.38. The van der Waals surface area contributed by atoms with Crippen molar-refractivity contribution in [3.8, 4) is 0 Å².